The van der Waals surface area contributed by atoms with E-state index in [2.05, 4.69) is 4.72 Å². The Morgan fingerprint density at radius 1 is 1.15 bits per heavy atom. The van der Waals surface area contributed by atoms with E-state index in [-0.39, 0.29) is 17.0 Å². The van der Waals surface area contributed by atoms with Gasteiger partial charge >= 0.3 is 6.18 Å². The lowest BCUT2D eigenvalue weighted by Crippen LogP contribution is -2.28. The topological polar surface area (TPSA) is 75.6 Å². The molecule has 0 bridgehead atoms. The molecule has 0 saturated carbocycles. The number of aryl methyl sites for hydroxylation is 1. The molecule has 0 radical (unpaired) electrons. The van der Waals surface area contributed by atoms with Crippen molar-refractivity contribution >= 4 is 10.0 Å². The molecule has 0 aliphatic carbocycles. The van der Waals surface area contributed by atoms with E-state index in [0.29, 0.717) is 11.3 Å². The molecule has 0 fully saturated rings. The molecule has 0 aromatic heterocycles. The Morgan fingerprint density at radius 2 is 1.77 bits per heavy atom. The number of alkyl halides is 3. The number of sulfonamides is 1. The van der Waals surface area contributed by atoms with Crippen molar-refractivity contribution in [2.75, 3.05) is 13.7 Å². The summed E-state index contributed by atoms with van der Waals surface area (Å²) >= 11 is 0. The van der Waals surface area contributed by atoms with Crippen LogP contribution in [-0.4, -0.2) is 27.2 Å². The monoisotopic (exact) mass is 389 g/mol. The van der Waals surface area contributed by atoms with E-state index in [9.17, 15) is 26.7 Å². The molecule has 2 aromatic carbocycles. The van der Waals surface area contributed by atoms with Crippen LogP contribution in [0.5, 0.6) is 5.75 Å². The summed E-state index contributed by atoms with van der Waals surface area (Å²) in [7, 11) is -2.42. The Bertz CT molecular complexity index is 865. The summed E-state index contributed by atoms with van der Waals surface area (Å²) in [5.74, 6) is 0.536. The molecule has 0 amide bonds. The van der Waals surface area contributed by atoms with Crippen LogP contribution in [0.15, 0.2) is 47.4 Å². The molecule has 5 nitrogen and oxygen atoms in total. The summed E-state index contributed by atoms with van der Waals surface area (Å²) in [6.45, 7) is 1.31. The van der Waals surface area contributed by atoms with Gasteiger partial charge < -0.3 is 9.84 Å². The number of hydrogen-bond donors (Lipinski definition) is 2. The molecule has 0 aliphatic rings. The third kappa shape index (κ3) is 4.75. The predicted molar refractivity (Wildman–Crippen MR) is 89.3 cm³/mol. The van der Waals surface area contributed by atoms with Crippen LogP contribution in [0.1, 0.15) is 22.8 Å². The second kappa shape index (κ2) is 7.65. The van der Waals surface area contributed by atoms with Gasteiger partial charge in [0.25, 0.3) is 0 Å². The molecular weight excluding hydrogens is 371 g/mol. The minimum Gasteiger partial charge on any atom is -0.496 e. The van der Waals surface area contributed by atoms with Gasteiger partial charge in [0.05, 0.1) is 23.7 Å². The van der Waals surface area contributed by atoms with Crippen LogP contribution >= 0.6 is 0 Å². The zero-order valence-electron chi connectivity index (χ0n) is 14.0. The Balaban J connectivity index is 2.08. The van der Waals surface area contributed by atoms with Gasteiger partial charge in [-0.25, -0.2) is 13.1 Å². The van der Waals surface area contributed by atoms with E-state index in [4.69, 9.17) is 4.74 Å². The summed E-state index contributed by atoms with van der Waals surface area (Å²) in [4.78, 5) is -0.00424. The first-order chi connectivity index (χ1) is 12.0. The largest absolute Gasteiger partial charge is 0.496 e. The number of nitrogens with one attached hydrogen (secondary N) is 1. The van der Waals surface area contributed by atoms with E-state index in [1.807, 2.05) is 0 Å². The Kier molecular flexibility index (Phi) is 5.94. The fourth-order valence-electron chi connectivity index (χ4n) is 2.30. The second-order valence-electron chi connectivity index (χ2n) is 5.62. The molecule has 2 rings (SSSR count). The van der Waals surface area contributed by atoms with Gasteiger partial charge in [0.2, 0.25) is 10.0 Å². The molecule has 0 heterocycles. The first-order valence-corrected chi connectivity index (χ1v) is 9.02. The Labute approximate surface area is 149 Å². The van der Waals surface area contributed by atoms with Gasteiger partial charge in [-0.05, 0) is 48.4 Å². The highest BCUT2D eigenvalue weighted by Gasteiger charge is 2.30. The normalized spacial score (nSPS) is 13.5. The van der Waals surface area contributed by atoms with Crippen molar-refractivity contribution in [1.82, 2.24) is 4.72 Å². The fraction of sp³-hybridized carbons (Fsp3) is 0.294. The molecule has 9 heteroatoms. The zero-order chi connectivity index (χ0) is 19.5. The first-order valence-electron chi connectivity index (χ1n) is 7.54. The van der Waals surface area contributed by atoms with Crippen molar-refractivity contribution < 1.29 is 31.4 Å². The first kappa shape index (κ1) is 20.2. The number of hydrogen-bond acceptors (Lipinski definition) is 4. The Hall–Kier alpha value is -2.10. The van der Waals surface area contributed by atoms with Crippen LogP contribution in [0, 0.1) is 6.92 Å². The van der Waals surface area contributed by atoms with Crippen LogP contribution in [-0.2, 0) is 16.2 Å². The SMILES string of the molecule is COc1ccc(S(=O)(=O)NCC(O)c2ccc(C(F)(F)F)cc2)cc1C. The molecule has 0 spiro atoms. The maximum atomic E-state index is 12.5. The van der Waals surface area contributed by atoms with E-state index < -0.39 is 27.9 Å². The lowest BCUT2D eigenvalue weighted by Gasteiger charge is -2.14. The number of ether oxygens (including phenoxy) is 1. The van der Waals surface area contributed by atoms with Gasteiger partial charge in [0, 0.05) is 6.54 Å². The number of aliphatic hydroxyl groups excluding tert-OH is 1. The number of benzene rings is 2. The quantitative estimate of drug-likeness (QED) is 0.796. The number of methoxy groups -OCH3 is 1. The molecule has 0 saturated heterocycles. The summed E-state index contributed by atoms with van der Waals surface area (Å²) < 4.78 is 69.5. The van der Waals surface area contributed by atoms with Gasteiger partial charge in [-0.2, -0.15) is 13.2 Å². The zero-order valence-corrected chi connectivity index (χ0v) is 14.9. The summed E-state index contributed by atoms with van der Waals surface area (Å²) in [5, 5.41) is 10.0. The standard InChI is InChI=1S/C17H18F3NO4S/c1-11-9-14(7-8-16(11)25-2)26(23,24)21-10-15(22)12-3-5-13(6-4-12)17(18,19)20/h3-9,15,21-22H,10H2,1-2H3. The molecule has 26 heavy (non-hydrogen) atoms. The summed E-state index contributed by atoms with van der Waals surface area (Å²) in [6, 6.07) is 8.18. The molecule has 1 atom stereocenters. The van der Waals surface area contributed by atoms with Crippen LogP contribution in [0.4, 0.5) is 13.2 Å². The highest BCUT2D eigenvalue weighted by Crippen LogP contribution is 2.30. The third-order valence-corrected chi connectivity index (χ3v) is 5.19. The van der Waals surface area contributed by atoms with Crippen molar-refractivity contribution in [1.29, 1.82) is 0 Å². The molecule has 2 aromatic rings. The van der Waals surface area contributed by atoms with E-state index in [1.165, 1.54) is 25.3 Å². The number of halogens is 3. The van der Waals surface area contributed by atoms with Gasteiger partial charge in [0.15, 0.2) is 0 Å². The van der Waals surface area contributed by atoms with Crippen LogP contribution in [0.2, 0.25) is 0 Å². The predicted octanol–water partition coefficient (Wildman–Crippen LogP) is 3.03. The van der Waals surface area contributed by atoms with Crippen molar-refractivity contribution in [2.24, 2.45) is 0 Å². The number of aliphatic hydroxyl groups is 1. The lowest BCUT2D eigenvalue weighted by atomic mass is 10.1. The second-order valence-corrected chi connectivity index (χ2v) is 7.39. The molecular formula is C17H18F3NO4S. The molecule has 142 valence electrons. The highest BCUT2D eigenvalue weighted by molar-refractivity contribution is 7.89. The van der Waals surface area contributed by atoms with E-state index in [0.717, 1.165) is 24.3 Å². The minimum atomic E-state index is -4.47. The van der Waals surface area contributed by atoms with Gasteiger partial charge in [-0.15, -0.1) is 0 Å². The molecule has 0 aliphatic heterocycles. The molecule has 1 unspecified atom stereocenters. The van der Waals surface area contributed by atoms with Gasteiger partial charge in [-0.3, -0.25) is 0 Å². The number of rotatable bonds is 6. The van der Waals surface area contributed by atoms with Crippen LogP contribution in [0.25, 0.3) is 0 Å². The van der Waals surface area contributed by atoms with Crippen molar-refractivity contribution in [3.05, 3.63) is 59.2 Å². The van der Waals surface area contributed by atoms with Crippen LogP contribution in [0.3, 0.4) is 0 Å². The average molecular weight is 389 g/mol. The van der Waals surface area contributed by atoms with Crippen molar-refractivity contribution in [3.63, 3.8) is 0 Å². The maximum absolute atomic E-state index is 12.5. The maximum Gasteiger partial charge on any atom is 0.416 e. The van der Waals surface area contributed by atoms with Crippen molar-refractivity contribution in [2.45, 2.75) is 24.1 Å². The van der Waals surface area contributed by atoms with E-state index >= 15 is 0 Å². The smallest absolute Gasteiger partial charge is 0.416 e. The summed E-state index contributed by atoms with van der Waals surface area (Å²) in [6.07, 6.45) is -5.76. The van der Waals surface area contributed by atoms with E-state index in [1.54, 1.807) is 6.92 Å². The minimum absolute atomic E-state index is 0.00424. The van der Waals surface area contributed by atoms with Gasteiger partial charge in [0.1, 0.15) is 5.75 Å². The average Bonchev–Trinajstić information content (AvgIpc) is 2.59. The molecule has 2 N–H and O–H groups in total. The third-order valence-electron chi connectivity index (χ3n) is 3.77. The highest BCUT2D eigenvalue weighted by atomic mass is 32.2. The van der Waals surface area contributed by atoms with Gasteiger partial charge in [-0.1, -0.05) is 12.1 Å². The lowest BCUT2D eigenvalue weighted by molar-refractivity contribution is -0.137. The van der Waals surface area contributed by atoms with Crippen molar-refractivity contribution in [3.8, 4) is 5.75 Å². The Morgan fingerprint density at radius 3 is 2.27 bits per heavy atom. The van der Waals surface area contributed by atoms with Crippen LogP contribution < -0.4 is 9.46 Å². The summed E-state index contributed by atoms with van der Waals surface area (Å²) in [5.41, 5.74) is -0.0481. The fourth-order valence-corrected chi connectivity index (χ4v) is 3.43.